The van der Waals surface area contributed by atoms with Crippen LogP contribution in [0.25, 0.3) is 11.1 Å². The van der Waals surface area contributed by atoms with Crippen molar-refractivity contribution in [2.75, 3.05) is 0 Å². The summed E-state index contributed by atoms with van der Waals surface area (Å²) in [6.45, 7) is 8.54. The monoisotopic (exact) mass is 266 g/mol. The molecule has 0 nitrogen and oxygen atoms in total. The zero-order valence-electron chi connectivity index (χ0n) is 13.2. The van der Waals surface area contributed by atoms with Crippen LogP contribution in [0.4, 0.5) is 0 Å². The van der Waals surface area contributed by atoms with E-state index in [1.807, 2.05) is 13.8 Å². The van der Waals surface area contributed by atoms with Crippen LogP contribution in [0.2, 0.25) is 0 Å². The van der Waals surface area contributed by atoms with Gasteiger partial charge in [-0.05, 0) is 53.0 Å². The van der Waals surface area contributed by atoms with Gasteiger partial charge in [0.15, 0.2) is 0 Å². The van der Waals surface area contributed by atoms with Crippen LogP contribution < -0.4 is 0 Å². The molecule has 20 heavy (non-hydrogen) atoms. The van der Waals surface area contributed by atoms with E-state index in [1.54, 1.807) is 11.1 Å². The van der Waals surface area contributed by atoms with Gasteiger partial charge in [0.25, 0.3) is 0 Å². The summed E-state index contributed by atoms with van der Waals surface area (Å²) in [5, 5.41) is 0. The zero-order valence-corrected chi connectivity index (χ0v) is 13.2. The molecule has 0 amide bonds. The molecule has 0 aromatic heterocycles. The van der Waals surface area contributed by atoms with Crippen LogP contribution in [0.1, 0.15) is 44.4 Å². The first kappa shape index (κ1) is 14.8. The van der Waals surface area contributed by atoms with Gasteiger partial charge < -0.3 is 0 Å². The second-order valence-corrected chi connectivity index (χ2v) is 5.55. The van der Waals surface area contributed by atoms with Gasteiger partial charge in [0.2, 0.25) is 0 Å². The maximum Gasteiger partial charge on any atom is -0.0181 e. The topological polar surface area (TPSA) is 0 Å². The van der Waals surface area contributed by atoms with E-state index in [0.717, 1.165) is 12.3 Å². The highest BCUT2D eigenvalue weighted by Gasteiger charge is 2.17. The van der Waals surface area contributed by atoms with Gasteiger partial charge in [-0.3, -0.25) is 0 Å². The third kappa shape index (κ3) is 3.12. The minimum Gasteiger partial charge on any atom is -0.0683 e. The van der Waals surface area contributed by atoms with Crippen molar-refractivity contribution in [2.24, 2.45) is 5.92 Å². The Labute approximate surface area is 123 Å². The summed E-state index contributed by atoms with van der Waals surface area (Å²) in [7, 11) is 0. The normalized spacial score (nSPS) is 16.3. The van der Waals surface area contributed by atoms with Crippen molar-refractivity contribution in [3.05, 3.63) is 59.2 Å². The molecule has 0 saturated heterocycles. The van der Waals surface area contributed by atoms with Crippen molar-refractivity contribution >= 4 is 0 Å². The van der Waals surface area contributed by atoms with Crippen LogP contribution >= 0.6 is 0 Å². The Morgan fingerprint density at radius 2 is 1.45 bits per heavy atom. The molecule has 3 rings (SSSR count). The third-order valence-corrected chi connectivity index (χ3v) is 4.04. The average Bonchev–Trinajstić information content (AvgIpc) is 2.88. The average molecular weight is 266 g/mol. The Morgan fingerprint density at radius 3 is 2.10 bits per heavy atom. The lowest BCUT2D eigenvalue weighted by molar-refractivity contribution is 0.628. The molecule has 0 aliphatic heterocycles. The van der Waals surface area contributed by atoms with Crippen molar-refractivity contribution < 1.29 is 0 Å². The van der Waals surface area contributed by atoms with Crippen LogP contribution in [-0.2, 0) is 19.3 Å². The maximum atomic E-state index is 2.39. The first-order valence-corrected chi connectivity index (χ1v) is 7.97. The van der Waals surface area contributed by atoms with E-state index < -0.39 is 0 Å². The number of benzene rings is 2. The SMILES string of the molecule is CC.CCc1ccc(-c2ccc3c(c2)CC(C)C3)cc1. The predicted molar refractivity (Wildman–Crippen MR) is 89.2 cm³/mol. The van der Waals surface area contributed by atoms with Gasteiger partial charge in [0, 0.05) is 0 Å². The first-order chi connectivity index (χ1) is 9.76. The molecule has 0 N–H and O–H groups in total. The van der Waals surface area contributed by atoms with Crippen LogP contribution in [-0.4, -0.2) is 0 Å². The molecular weight excluding hydrogens is 240 g/mol. The lowest BCUT2D eigenvalue weighted by atomic mass is 9.99. The van der Waals surface area contributed by atoms with Crippen LogP contribution in [0.15, 0.2) is 42.5 Å². The van der Waals surface area contributed by atoms with Gasteiger partial charge in [-0.25, -0.2) is 0 Å². The van der Waals surface area contributed by atoms with E-state index in [1.165, 1.54) is 29.5 Å². The molecule has 1 atom stereocenters. The van der Waals surface area contributed by atoms with Crippen LogP contribution in [0.5, 0.6) is 0 Å². The Balaban J connectivity index is 0.000000704. The highest BCUT2D eigenvalue weighted by molar-refractivity contribution is 5.65. The molecule has 2 aromatic rings. The highest BCUT2D eigenvalue weighted by Crippen LogP contribution is 2.30. The van der Waals surface area contributed by atoms with Crippen LogP contribution in [0.3, 0.4) is 0 Å². The third-order valence-electron chi connectivity index (χ3n) is 4.04. The first-order valence-electron chi connectivity index (χ1n) is 7.97. The number of hydrogen-bond donors (Lipinski definition) is 0. The van der Waals surface area contributed by atoms with E-state index in [4.69, 9.17) is 0 Å². The van der Waals surface area contributed by atoms with Crippen LogP contribution in [0, 0.1) is 5.92 Å². The second kappa shape index (κ2) is 6.74. The Morgan fingerprint density at radius 1 is 0.850 bits per heavy atom. The molecular formula is C20H26. The molecule has 1 aliphatic carbocycles. The molecule has 0 heterocycles. The maximum absolute atomic E-state index is 2.39. The largest absolute Gasteiger partial charge is 0.0683 e. The molecule has 0 heteroatoms. The minimum absolute atomic E-state index is 0.817. The zero-order chi connectivity index (χ0) is 14.5. The van der Waals surface area contributed by atoms with Crippen molar-refractivity contribution in [2.45, 2.75) is 47.0 Å². The summed E-state index contributed by atoms with van der Waals surface area (Å²) in [5.41, 5.74) is 7.23. The van der Waals surface area contributed by atoms with Gasteiger partial charge in [-0.1, -0.05) is 70.2 Å². The number of hydrogen-bond acceptors (Lipinski definition) is 0. The van der Waals surface area contributed by atoms with Crippen molar-refractivity contribution in [3.63, 3.8) is 0 Å². The van der Waals surface area contributed by atoms with Crippen molar-refractivity contribution in [1.82, 2.24) is 0 Å². The Hall–Kier alpha value is -1.56. The summed E-state index contributed by atoms with van der Waals surface area (Å²) in [6.07, 6.45) is 3.61. The summed E-state index contributed by atoms with van der Waals surface area (Å²) in [4.78, 5) is 0. The van der Waals surface area contributed by atoms with E-state index in [0.29, 0.717) is 0 Å². The predicted octanol–water partition coefficient (Wildman–Crippen LogP) is 5.68. The van der Waals surface area contributed by atoms with Crippen molar-refractivity contribution in [1.29, 1.82) is 0 Å². The van der Waals surface area contributed by atoms with E-state index in [9.17, 15) is 0 Å². The summed E-state index contributed by atoms with van der Waals surface area (Å²) in [5.74, 6) is 0.817. The lowest BCUT2D eigenvalue weighted by Crippen LogP contribution is -1.89. The van der Waals surface area contributed by atoms with Gasteiger partial charge in [0.05, 0.1) is 0 Å². The molecule has 0 fully saturated rings. The lowest BCUT2D eigenvalue weighted by Gasteiger charge is -2.06. The number of fused-ring (bicyclic) bond motifs is 1. The Bertz CT molecular complexity index is 549. The molecule has 106 valence electrons. The summed E-state index contributed by atoms with van der Waals surface area (Å²) < 4.78 is 0. The fourth-order valence-corrected chi connectivity index (χ4v) is 2.95. The van der Waals surface area contributed by atoms with E-state index in [2.05, 4.69) is 56.3 Å². The standard InChI is InChI=1S/C18H20.C2H6/c1-3-14-4-6-15(7-5-14)17-9-8-16-10-13(2)11-18(16)12-17;1-2/h4-9,12-13H,3,10-11H2,1-2H3;1-2H3. The van der Waals surface area contributed by atoms with E-state index in [-0.39, 0.29) is 0 Å². The Kier molecular flexibility index (Phi) is 5.00. The molecule has 0 spiro atoms. The molecule has 0 bridgehead atoms. The molecule has 2 aromatic carbocycles. The minimum atomic E-state index is 0.817. The smallest absolute Gasteiger partial charge is 0.0181 e. The summed E-state index contributed by atoms with van der Waals surface area (Å²) >= 11 is 0. The molecule has 0 radical (unpaired) electrons. The van der Waals surface area contributed by atoms with Crippen molar-refractivity contribution in [3.8, 4) is 11.1 Å². The fraction of sp³-hybridized carbons (Fsp3) is 0.400. The van der Waals surface area contributed by atoms with Gasteiger partial charge >= 0.3 is 0 Å². The molecule has 1 aliphatic rings. The van der Waals surface area contributed by atoms with E-state index >= 15 is 0 Å². The van der Waals surface area contributed by atoms with Gasteiger partial charge in [-0.2, -0.15) is 0 Å². The molecule has 1 unspecified atom stereocenters. The number of aryl methyl sites for hydroxylation is 1. The summed E-state index contributed by atoms with van der Waals surface area (Å²) in [6, 6.07) is 16.0. The van der Waals surface area contributed by atoms with Gasteiger partial charge in [-0.15, -0.1) is 0 Å². The number of rotatable bonds is 2. The second-order valence-electron chi connectivity index (χ2n) is 5.55. The molecule has 0 saturated carbocycles. The van der Waals surface area contributed by atoms with Gasteiger partial charge in [0.1, 0.15) is 0 Å². The quantitative estimate of drug-likeness (QED) is 0.656. The highest BCUT2D eigenvalue weighted by atomic mass is 14.2. The fourth-order valence-electron chi connectivity index (χ4n) is 2.95.